The minimum Gasteiger partial charge on any atom is -0.347 e. The van der Waals surface area contributed by atoms with E-state index in [9.17, 15) is 18.0 Å². The van der Waals surface area contributed by atoms with Crippen molar-refractivity contribution in [2.45, 2.75) is 75.4 Å². The molecule has 0 atom stereocenters. The third kappa shape index (κ3) is 4.41. The van der Waals surface area contributed by atoms with Crippen LogP contribution in [0, 0.1) is 5.92 Å². The largest absolute Gasteiger partial charge is 0.347 e. The standard InChI is InChI=1S/C19H32N2O4S/c22-17(9-8-16-6-2-3-7-16)20-14-18(23)21-12-13-26(24,25)19(15-21)10-4-1-5-11-19/h16H,1-15H2,(H,20,22). The monoisotopic (exact) mass is 384 g/mol. The van der Waals surface area contributed by atoms with Crippen LogP contribution in [0.2, 0.25) is 0 Å². The van der Waals surface area contributed by atoms with Crippen LogP contribution in [0.5, 0.6) is 0 Å². The maximum atomic E-state index is 12.6. The number of rotatable bonds is 5. The minimum absolute atomic E-state index is 0.0143. The molecular weight excluding hydrogens is 352 g/mol. The van der Waals surface area contributed by atoms with Crippen molar-refractivity contribution in [3.8, 4) is 0 Å². The summed E-state index contributed by atoms with van der Waals surface area (Å²) in [6.45, 7) is 0.534. The van der Waals surface area contributed by atoms with Crippen molar-refractivity contribution < 1.29 is 18.0 Å². The van der Waals surface area contributed by atoms with Crippen molar-refractivity contribution >= 4 is 21.7 Å². The van der Waals surface area contributed by atoms with Crippen LogP contribution in [0.4, 0.5) is 0 Å². The highest BCUT2D eigenvalue weighted by Crippen LogP contribution is 2.38. The number of sulfone groups is 1. The molecule has 3 fully saturated rings. The lowest BCUT2D eigenvalue weighted by atomic mass is 9.87. The third-order valence-corrected chi connectivity index (χ3v) is 9.15. The Kier molecular flexibility index (Phi) is 6.25. The van der Waals surface area contributed by atoms with Crippen LogP contribution >= 0.6 is 0 Å². The zero-order valence-corrected chi connectivity index (χ0v) is 16.5. The van der Waals surface area contributed by atoms with Gasteiger partial charge >= 0.3 is 0 Å². The van der Waals surface area contributed by atoms with E-state index in [1.807, 2.05) is 0 Å². The molecule has 0 aromatic rings. The highest BCUT2D eigenvalue weighted by atomic mass is 32.2. The first-order chi connectivity index (χ1) is 12.4. The smallest absolute Gasteiger partial charge is 0.242 e. The minimum atomic E-state index is -3.14. The number of hydrogen-bond acceptors (Lipinski definition) is 4. The van der Waals surface area contributed by atoms with E-state index in [4.69, 9.17) is 0 Å². The molecule has 1 N–H and O–H groups in total. The number of nitrogens with one attached hydrogen (secondary N) is 1. The third-order valence-electron chi connectivity index (χ3n) is 6.58. The van der Waals surface area contributed by atoms with Crippen molar-refractivity contribution in [2.75, 3.05) is 25.4 Å². The Hall–Kier alpha value is -1.11. The van der Waals surface area contributed by atoms with E-state index in [-0.39, 0.29) is 30.7 Å². The van der Waals surface area contributed by atoms with Gasteiger partial charge in [-0.2, -0.15) is 0 Å². The predicted molar refractivity (Wildman–Crippen MR) is 100 cm³/mol. The SMILES string of the molecule is O=C(CCC1CCCC1)NCC(=O)N1CCS(=O)(=O)C2(CCCCC2)C1. The van der Waals surface area contributed by atoms with Gasteiger partial charge in [-0.1, -0.05) is 44.9 Å². The quantitative estimate of drug-likeness (QED) is 0.786. The molecule has 3 rings (SSSR count). The summed E-state index contributed by atoms with van der Waals surface area (Å²) in [6, 6.07) is 0. The van der Waals surface area contributed by atoms with Crippen LogP contribution in [-0.2, 0) is 19.4 Å². The first-order valence-corrected chi connectivity index (χ1v) is 11.8. The first kappa shape index (κ1) is 19.6. The maximum Gasteiger partial charge on any atom is 0.242 e. The van der Waals surface area contributed by atoms with Crippen LogP contribution in [0.1, 0.15) is 70.6 Å². The van der Waals surface area contributed by atoms with E-state index in [2.05, 4.69) is 5.32 Å². The summed E-state index contributed by atoms with van der Waals surface area (Å²) in [5, 5.41) is 2.74. The fraction of sp³-hybridized carbons (Fsp3) is 0.895. The summed E-state index contributed by atoms with van der Waals surface area (Å²) in [5.41, 5.74) is 0. The van der Waals surface area contributed by atoms with Crippen LogP contribution in [0.25, 0.3) is 0 Å². The van der Waals surface area contributed by atoms with Gasteiger partial charge in [0, 0.05) is 19.5 Å². The molecule has 1 aliphatic heterocycles. The lowest BCUT2D eigenvalue weighted by molar-refractivity contribution is -0.133. The number of amides is 2. The Morgan fingerprint density at radius 2 is 1.73 bits per heavy atom. The number of carbonyl (C=O) groups is 2. The molecule has 2 saturated carbocycles. The zero-order valence-electron chi connectivity index (χ0n) is 15.7. The lowest BCUT2D eigenvalue weighted by Crippen LogP contribution is -2.59. The molecule has 2 aliphatic carbocycles. The highest BCUT2D eigenvalue weighted by Gasteiger charge is 2.49. The van der Waals surface area contributed by atoms with Crippen molar-refractivity contribution in [3.05, 3.63) is 0 Å². The average molecular weight is 385 g/mol. The summed E-state index contributed by atoms with van der Waals surface area (Å²) in [7, 11) is -3.14. The van der Waals surface area contributed by atoms with Crippen LogP contribution in [-0.4, -0.2) is 55.3 Å². The van der Waals surface area contributed by atoms with Gasteiger partial charge in [0.25, 0.3) is 0 Å². The zero-order chi connectivity index (χ0) is 18.6. The molecule has 1 saturated heterocycles. The second-order valence-corrected chi connectivity index (χ2v) is 10.8. The highest BCUT2D eigenvalue weighted by molar-refractivity contribution is 7.92. The van der Waals surface area contributed by atoms with Crippen molar-refractivity contribution in [3.63, 3.8) is 0 Å². The fourth-order valence-corrected chi connectivity index (χ4v) is 7.02. The van der Waals surface area contributed by atoms with Gasteiger partial charge < -0.3 is 10.2 Å². The molecule has 0 radical (unpaired) electrons. The van der Waals surface area contributed by atoms with Crippen molar-refractivity contribution in [1.29, 1.82) is 0 Å². The molecule has 1 spiro atoms. The molecule has 6 nitrogen and oxygen atoms in total. The van der Waals surface area contributed by atoms with Gasteiger partial charge in [-0.3, -0.25) is 9.59 Å². The van der Waals surface area contributed by atoms with E-state index in [1.165, 1.54) is 25.7 Å². The molecule has 0 aromatic carbocycles. The summed E-state index contributed by atoms with van der Waals surface area (Å²) in [5.74, 6) is 0.491. The summed E-state index contributed by atoms with van der Waals surface area (Å²) in [4.78, 5) is 26.2. The van der Waals surface area contributed by atoms with Crippen LogP contribution in [0.15, 0.2) is 0 Å². The Morgan fingerprint density at radius 3 is 2.42 bits per heavy atom. The van der Waals surface area contributed by atoms with E-state index in [0.717, 1.165) is 25.7 Å². The lowest BCUT2D eigenvalue weighted by Gasteiger charge is -2.44. The number of nitrogens with zero attached hydrogens (tertiary/aromatic N) is 1. The first-order valence-electron chi connectivity index (χ1n) is 10.2. The molecular formula is C19H32N2O4S. The van der Waals surface area contributed by atoms with E-state index in [1.54, 1.807) is 4.90 Å². The Labute approximate surface area is 157 Å². The van der Waals surface area contributed by atoms with Gasteiger partial charge in [-0.05, 0) is 25.2 Å². The molecule has 7 heteroatoms. The van der Waals surface area contributed by atoms with E-state index < -0.39 is 14.6 Å². The topological polar surface area (TPSA) is 83.6 Å². The Morgan fingerprint density at radius 1 is 1.04 bits per heavy atom. The molecule has 0 aromatic heterocycles. The normalized spacial score (nSPS) is 25.3. The van der Waals surface area contributed by atoms with Gasteiger partial charge in [0.05, 0.1) is 17.0 Å². The molecule has 0 bridgehead atoms. The van der Waals surface area contributed by atoms with Gasteiger partial charge in [0.1, 0.15) is 0 Å². The van der Waals surface area contributed by atoms with Gasteiger partial charge in [-0.25, -0.2) is 8.42 Å². The van der Waals surface area contributed by atoms with Crippen LogP contribution in [0.3, 0.4) is 0 Å². The van der Waals surface area contributed by atoms with Gasteiger partial charge in [-0.15, -0.1) is 0 Å². The van der Waals surface area contributed by atoms with Crippen LogP contribution < -0.4 is 5.32 Å². The second kappa shape index (κ2) is 8.28. The van der Waals surface area contributed by atoms with Gasteiger partial charge in [0.15, 0.2) is 9.84 Å². The average Bonchev–Trinajstić information content (AvgIpc) is 3.15. The predicted octanol–water partition coefficient (Wildman–Crippen LogP) is 2.03. The molecule has 3 aliphatic rings. The van der Waals surface area contributed by atoms with Crippen molar-refractivity contribution in [2.24, 2.45) is 5.92 Å². The molecule has 26 heavy (non-hydrogen) atoms. The van der Waals surface area contributed by atoms with Gasteiger partial charge in [0.2, 0.25) is 11.8 Å². The number of carbonyl (C=O) groups excluding carboxylic acids is 2. The van der Waals surface area contributed by atoms with Crippen molar-refractivity contribution in [1.82, 2.24) is 10.2 Å². The number of hydrogen-bond donors (Lipinski definition) is 1. The fourth-order valence-electron chi connectivity index (χ4n) is 4.86. The molecule has 0 unspecified atom stereocenters. The molecule has 148 valence electrons. The Balaban J connectivity index is 1.47. The van der Waals surface area contributed by atoms with E-state index >= 15 is 0 Å². The van der Waals surface area contributed by atoms with E-state index in [0.29, 0.717) is 31.7 Å². The maximum absolute atomic E-state index is 12.6. The molecule has 2 amide bonds. The summed E-state index contributed by atoms with van der Waals surface area (Å²) in [6.07, 6.45) is 10.6. The summed E-state index contributed by atoms with van der Waals surface area (Å²) < 4.78 is 24.4. The summed E-state index contributed by atoms with van der Waals surface area (Å²) >= 11 is 0. The second-order valence-electron chi connectivity index (χ2n) is 8.34. The molecule has 1 heterocycles. The Bertz CT molecular complexity index is 619.